The zero-order valence-electron chi connectivity index (χ0n) is 10.3. The molecule has 0 aliphatic heterocycles. The van der Waals surface area contributed by atoms with Crippen LogP contribution in [0.25, 0.3) is 22.4 Å². The van der Waals surface area contributed by atoms with Crippen molar-refractivity contribution >= 4 is 11.0 Å². The molecule has 0 unspecified atom stereocenters. The first-order valence-corrected chi connectivity index (χ1v) is 5.84. The standard InChI is InChI=1S/C15H13FN2/c1-10-3-8-14-13(9-10)17-15(18(14)2)11-4-6-12(16)7-5-11/h3-9H,1-2H3. The van der Waals surface area contributed by atoms with Crippen molar-refractivity contribution in [2.75, 3.05) is 0 Å². The summed E-state index contributed by atoms with van der Waals surface area (Å²) in [6, 6.07) is 12.6. The van der Waals surface area contributed by atoms with E-state index in [9.17, 15) is 4.39 Å². The highest BCUT2D eigenvalue weighted by Gasteiger charge is 2.09. The molecule has 2 nitrogen and oxygen atoms in total. The molecule has 3 rings (SSSR count). The summed E-state index contributed by atoms with van der Waals surface area (Å²) in [7, 11) is 1.98. The number of imidazole rings is 1. The van der Waals surface area contributed by atoms with Crippen LogP contribution in [0.4, 0.5) is 4.39 Å². The van der Waals surface area contributed by atoms with Gasteiger partial charge in [0.2, 0.25) is 0 Å². The maximum Gasteiger partial charge on any atom is 0.140 e. The predicted molar refractivity (Wildman–Crippen MR) is 70.8 cm³/mol. The van der Waals surface area contributed by atoms with Crippen LogP contribution in [0.3, 0.4) is 0 Å². The Morgan fingerprint density at radius 3 is 2.50 bits per heavy atom. The van der Waals surface area contributed by atoms with E-state index in [0.717, 1.165) is 22.4 Å². The van der Waals surface area contributed by atoms with Crippen LogP contribution in [0, 0.1) is 12.7 Å². The van der Waals surface area contributed by atoms with Gasteiger partial charge in [-0.3, -0.25) is 0 Å². The molecule has 0 aliphatic rings. The predicted octanol–water partition coefficient (Wildman–Crippen LogP) is 3.69. The smallest absolute Gasteiger partial charge is 0.140 e. The van der Waals surface area contributed by atoms with Gasteiger partial charge < -0.3 is 4.57 Å². The van der Waals surface area contributed by atoms with Crippen molar-refractivity contribution in [3.05, 3.63) is 53.8 Å². The molecule has 0 spiro atoms. The Labute approximate surface area is 105 Å². The molecule has 18 heavy (non-hydrogen) atoms. The van der Waals surface area contributed by atoms with Crippen molar-refractivity contribution in [3.8, 4) is 11.4 Å². The molecule has 3 heteroatoms. The lowest BCUT2D eigenvalue weighted by molar-refractivity contribution is 0.628. The molecule has 0 aliphatic carbocycles. The van der Waals surface area contributed by atoms with Gasteiger partial charge in [-0.15, -0.1) is 0 Å². The van der Waals surface area contributed by atoms with Gasteiger partial charge in [-0.1, -0.05) is 6.07 Å². The topological polar surface area (TPSA) is 17.8 Å². The summed E-state index contributed by atoms with van der Waals surface area (Å²) < 4.78 is 15.0. The van der Waals surface area contributed by atoms with Gasteiger partial charge in [0.25, 0.3) is 0 Å². The molecule has 0 amide bonds. The molecule has 0 N–H and O–H groups in total. The Hall–Kier alpha value is -2.16. The first kappa shape index (κ1) is 11.0. The van der Waals surface area contributed by atoms with Crippen LogP contribution in [0.2, 0.25) is 0 Å². The molecule has 0 fully saturated rings. The SMILES string of the molecule is Cc1ccc2c(c1)nc(-c1ccc(F)cc1)n2C. The van der Waals surface area contributed by atoms with Crippen molar-refractivity contribution in [3.63, 3.8) is 0 Å². The van der Waals surface area contributed by atoms with Crippen molar-refractivity contribution in [1.82, 2.24) is 9.55 Å². The third-order valence-corrected chi connectivity index (χ3v) is 3.14. The molecular formula is C15H13FN2. The van der Waals surface area contributed by atoms with Crippen LogP contribution < -0.4 is 0 Å². The number of aromatic nitrogens is 2. The van der Waals surface area contributed by atoms with E-state index < -0.39 is 0 Å². The number of rotatable bonds is 1. The highest BCUT2D eigenvalue weighted by atomic mass is 19.1. The lowest BCUT2D eigenvalue weighted by Crippen LogP contribution is -1.92. The lowest BCUT2D eigenvalue weighted by Gasteiger charge is -2.02. The fraction of sp³-hybridized carbons (Fsp3) is 0.133. The summed E-state index contributed by atoms with van der Waals surface area (Å²) in [4.78, 5) is 4.61. The zero-order valence-corrected chi connectivity index (χ0v) is 10.3. The van der Waals surface area contributed by atoms with Gasteiger partial charge in [0.15, 0.2) is 0 Å². The van der Waals surface area contributed by atoms with Crippen LogP contribution in [0.15, 0.2) is 42.5 Å². The Morgan fingerprint density at radius 1 is 1.06 bits per heavy atom. The molecule has 0 saturated carbocycles. The number of fused-ring (bicyclic) bond motifs is 1. The van der Waals surface area contributed by atoms with Crippen LogP contribution in [0.1, 0.15) is 5.56 Å². The molecule has 90 valence electrons. The molecular weight excluding hydrogens is 227 g/mol. The van der Waals surface area contributed by atoms with Gasteiger partial charge >= 0.3 is 0 Å². The number of hydrogen-bond acceptors (Lipinski definition) is 1. The molecule has 3 aromatic rings. The summed E-state index contributed by atoms with van der Waals surface area (Å²) >= 11 is 0. The largest absolute Gasteiger partial charge is 0.327 e. The van der Waals surface area contributed by atoms with E-state index in [1.54, 1.807) is 12.1 Å². The van der Waals surface area contributed by atoms with Crippen LogP contribution >= 0.6 is 0 Å². The quantitative estimate of drug-likeness (QED) is 0.634. The van der Waals surface area contributed by atoms with Crippen LogP contribution in [0.5, 0.6) is 0 Å². The fourth-order valence-corrected chi connectivity index (χ4v) is 2.17. The van der Waals surface area contributed by atoms with Crippen LogP contribution in [-0.4, -0.2) is 9.55 Å². The van der Waals surface area contributed by atoms with Gasteiger partial charge in [-0.05, 0) is 48.9 Å². The minimum absolute atomic E-state index is 0.228. The third-order valence-electron chi connectivity index (χ3n) is 3.14. The maximum absolute atomic E-state index is 12.9. The highest BCUT2D eigenvalue weighted by molar-refractivity contribution is 5.81. The second kappa shape index (κ2) is 3.95. The molecule has 1 heterocycles. The van der Waals surface area contributed by atoms with E-state index >= 15 is 0 Å². The highest BCUT2D eigenvalue weighted by Crippen LogP contribution is 2.24. The normalized spacial score (nSPS) is 11.1. The van der Waals surface area contributed by atoms with E-state index in [4.69, 9.17) is 0 Å². The van der Waals surface area contributed by atoms with Crippen molar-refractivity contribution in [2.45, 2.75) is 6.92 Å². The minimum atomic E-state index is -0.228. The van der Waals surface area contributed by atoms with E-state index in [0.29, 0.717) is 0 Å². The summed E-state index contributed by atoms with van der Waals surface area (Å²) in [6.45, 7) is 2.05. The number of aryl methyl sites for hydroxylation is 2. The fourth-order valence-electron chi connectivity index (χ4n) is 2.17. The first-order valence-electron chi connectivity index (χ1n) is 5.84. The number of nitrogens with zero attached hydrogens (tertiary/aromatic N) is 2. The van der Waals surface area contributed by atoms with Crippen molar-refractivity contribution in [2.24, 2.45) is 7.05 Å². The van der Waals surface area contributed by atoms with E-state index in [2.05, 4.69) is 23.2 Å². The van der Waals surface area contributed by atoms with Gasteiger partial charge in [-0.25, -0.2) is 9.37 Å². The average Bonchev–Trinajstić information content (AvgIpc) is 2.67. The zero-order chi connectivity index (χ0) is 12.7. The second-order valence-corrected chi connectivity index (χ2v) is 4.49. The molecule has 0 radical (unpaired) electrons. The summed E-state index contributed by atoms with van der Waals surface area (Å²) in [5, 5.41) is 0. The van der Waals surface area contributed by atoms with Crippen LogP contribution in [-0.2, 0) is 7.05 Å². The van der Waals surface area contributed by atoms with Gasteiger partial charge in [-0.2, -0.15) is 0 Å². The van der Waals surface area contributed by atoms with E-state index in [1.165, 1.54) is 17.7 Å². The maximum atomic E-state index is 12.9. The molecule has 1 aromatic heterocycles. The minimum Gasteiger partial charge on any atom is -0.327 e. The first-order chi connectivity index (χ1) is 8.65. The van der Waals surface area contributed by atoms with Crippen molar-refractivity contribution in [1.29, 1.82) is 0 Å². The summed E-state index contributed by atoms with van der Waals surface area (Å²) in [6.07, 6.45) is 0. The summed E-state index contributed by atoms with van der Waals surface area (Å²) in [5.74, 6) is 0.629. The molecule has 0 saturated heterocycles. The Balaban J connectivity index is 2.23. The van der Waals surface area contributed by atoms with E-state index in [-0.39, 0.29) is 5.82 Å². The van der Waals surface area contributed by atoms with Gasteiger partial charge in [0, 0.05) is 12.6 Å². The second-order valence-electron chi connectivity index (χ2n) is 4.49. The monoisotopic (exact) mass is 240 g/mol. The van der Waals surface area contributed by atoms with Gasteiger partial charge in [0.1, 0.15) is 11.6 Å². The molecule has 0 atom stereocenters. The number of halogens is 1. The molecule has 0 bridgehead atoms. The number of benzene rings is 2. The third kappa shape index (κ3) is 1.68. The summed E-state index contributed by atoms with van der Waals surface area (Å²) in [5.41, 5.74) is 4.16. The van der Waals surface area contributed by atoms with E-state index in [1.807, 2.05) is 18.5 Å². The Kier molecular flexibility index (Phi) is 2.40. The Morgan fingerprint density at radius 2 is 1.78 bits per heavy atom. The van der Waals surface area contributed by atoms with Gasteiger partial charge in [0.05, 0.1) is 11.0 Å². The Bertz CT molecular complexity index is 711. The molecule has 2 aromatic carbocycles. The average molecular weight is 240 g/mol. The lowest BCUT2D eigenvalue weighted by atomic mass is 10.2. The number of hydrogen-bond donors (Lipinski definition) is 0. The van der Waals surface area contributed by atoms with Crippen molar-refractivity contribution < 1.29 is 4.39 Å².